The Bertz CT molecular complexity index is 478. The Balaban J connectivity index is 2.37. The molecular formula is C13H19N3O3. The number of hydrogen-bond donors (Lipinski definition) is 1. The third kappa shape index (κ3) is 2.77. The number of carboxylic acid groups (broad SMARTS) is 1. The van der Waals surface area contributed by atoms with Crippen LogP contribution in [0.1, 0.15) is 25.5 Å². The number of aromatic nitrogens is 2. The lowest BCUT2D eigenvalue weighted by Gasteiger charge is -2.37. The Morgan fingerprint density at radius 1 is 1.53 bits per heavy atom. The van der Waals surface area contributed by atoms with Gasteiger partial charge in [0.1, 0.15) is 6.04 Å². The molecule has 6 heteroatoms. The maximum Gasteiger partial charge on any atom is 0.326 e. The van der Waals surface area contributed by atoms with Crippen molar-refractivity contribution in [2.24, 2.45) is 5.92 Å². The molecule has 0 amide bonds. The van der Waals surface area contributed by atoms with Crippen molar-refractivity contribution in [3.05, 3.63) is 11.8 Å². The van der Waals surface area contributed by atoms with E-state index in [0.717, 1.165) is 18.5 Å². The number of hydrogen-bond acceptors (Lipinski definition) is 5. The lowest BCUT2D eigenvalue weighted by Crippen LogP contribution is -2.50. The smallest absolute Gasteiger partial charge is 0.326 e. The molecule has 1 fully saturated rings. The molecule has 1 aliphatic rings. The van der Waals surface area contributed by atoms with E-state index >= 15 is 0 Å². The summed E-state index contributed by atoms with van der Waals surface area (Å²) in [6.07, 6.45) is 1.86. The van der Waals surface area contributed by atoms with E-state index in [0.29, 0.717) is 18.4 Å². The lowest BCUT2D eigenvalue weighted by molar-refractivity contribution is -0.140. The number of rotatable bonds is 3. The number of carboxylic acids is 1. The zero-order valence-electron chi connectivity index (χ0n) is 11.5. The first kappa shape index (κ1) is 13.6. The van der Waals surface area contributed by atoms with E-state index in [4.69, 9.17) is 4.74 Å². The highest BCUT2D eigenvalue weighted by Crippen LogP contribution is 2.27. The molecule has 19 heavy (non-hydrogen) atoms. The van der Waals surface area contributed by atoms with Gasteiger partial charge in [-0.2, -0.15) is 4.98 Å². The molecule has 1 aliphatic heterocycles. The molecular weight excluding hydrogens is 246 g/mol. The van der Waals surface area contributed by atoms with Gasteiger partial charge in [0.05, 0.1) is 7.11 Å². The molecule has 0 aromatic carbocycles. The van der Waals surface area contributed by atoms with Crippen molar-refractivity contribution in [3.8, 4) is 5.88 Å². The highest BCUT2D eigenvalue weighted by atomic mass is 16.5. The monoisotopic (exact) mass is 265 g/mol. The largest absolute Gasteiger partial charge is 0.481 e. The minimum Gasteiger partial charge on any atom is -0.481 e. The fraction of sp³-hybridized carbons (Fsp3) is 0.615. The van der Waals surface area contributed by atoms with E-state index in [1.165, 1.54) is 0 Å². The number of ether oxygens (including phenoxy) is 1. The zero-order chi connectivity index (χ0) is 14.0. The molecule has 1 saturated heterocycles. The van der Waals surface area contributed by atoms with Crippen LogP contribution in [-0.2, 0) is 4.79 Å². The fourth-order valence-corrected chi connectivity index (χ4v) is 2.55. The summed E-state index contributed by atoms with van der Waals surface area (Å²) in [5.41, 5.74) is 0.768. The predicted molar refractivity (Wildman–Crippen MR) is 70.5 cm³/mol. The van der Waals surface area contributed by atoms with Crippen LogP contribution in [0.2, 0.25) is 0 Å². The van der Waals surface area contributed by atoms with Gasteiger partial charge in [-0.15, -0.1) is 0 Å². The number of piperidine rings is 1. The second-order valence-electron chi connectivity index (χ2n) is 4.95. The third-order valence-electron chi connectivity index (χ3n) is 3.47. The van der Waals surface area contributed by atoms with Crippen LogP contribution in [0.3, 0.4) is 0 Å². The van der Waals surface area contributed by atoms with E-state index in [1.54, 1.807) is 18.1 Å². The Labute approximate surface area is 112 Å². The first-order valence-electron chi connectivity index (χ1n) is 6.42. The summed E-state index contributed by atoms with van der Waals surface area (Å²) in [7, 11) is 1.54. The fourth-order valence-electron chi connectivity index (χ4n) is 2.55. The second kappa shape index (κ2) is 5.42. The molecule has 0 spiro atoms. The van der Waals surface area contributed by atoms with Gasteiger partial charge in [-0.3, -0.25) is 0 Å². The van der Waals surface area contributed by atoms with E-state index < -0.39 is 12.0 Å². The summed E-state index contributed by atoms with van der Waals surface area (Å²) in [6.45, 7) is 4.46. The summed E-state index contributed by atoms with van der Waals surface area (Å²) < 4.78 is 5.12. The van der Waals surface area contributed by atoms with Crippen LogP contribution in [0.15, 0.2) is 6.07 Å². The molecule has 0 saturated carbocycles. The number of aryl methyl sites for hydroxylation is 1. The molecule has 104 valence electrons. The van der Waals surface area contributed by atoms with Gasteiger partial charge in [0.2, 0.25) is 11.8 Å². The van der Waals surface area contributed by atoms with E-state index in [2.05, 4.69) is 9.97 Å². The highest BCUT2D eigenvalue weighted by molar-refractivity contribution is 5.78. The van der Waals surface area contributed by atoms with Gasteiger partial charge < -0.3 is 14.7 Å². The molecule has 0 bridgehead atoms. The maximum atomic E-state index is 11.5. The molecule has 2 unspecified atom stereocenters. The van der Waals surface area contributed by atoms with Crippen molar-refractivity contribution in [3.63, 3.8) is 0 Å². The average Bonchev–Trinajstić information content (AvgIpc) is 2.37. The first-order chi connectivity index (χ1) is 9.02. The Morgan fingerprint density at radius 2 is 2.26 bits per heavy atom. The van der Waals surface area contributed by atoms with Crippen LogP contribution >= 0.6 is 0 Å². The van der Waals surface area contributed by atoms with Gasteiger partial charge in [-0.1, -0.05) is 6.92 Å². The molecule has 1 aromatic heterocycles. The van der Waals surface area contributed by atoms with Crippen molar-refractivity contribution in [1.82, 2.24) is 9.97 Å². The van der Waals surface area contributed by atoms with Crippen molar-refractivity contribution in [2.45, 2.75) is 32.7 Å². The number of anilines is 1. The summed E-state index contributed by atoms with van der Waals surface area (Å²) >= 11 is 0. The summed E-state index contributed by atoms with van der Waals surface area (Å²) in [5.74, 6) is 0.165. The predicted octanol–water partition coefficient (Wildman–Crippen LogP) is 1.48. The molecule has 0 aliphatic carbocycles. The highest BCUT2D eigenvalue weighted by Gasteiger charge is 2.35. The van der Waals surface area contributed by atoms with Crippen molar-refractivity contribution in [1.29, 1.82) is 0 Å². The molecule has 2 heterocycles. The Hall–Kier alpha value is -1.85. The maximum absolute atomic E-state index is 11.5. The van der Waals surface area contributed by atoms with Crippen LogP contribution in [-0.4, -0.2) is 40.7 Å². The molecule has 1 aromatic rings. The molecule has 1 N–H and O–H groups in total. The topological polar surface area (TPSA) is 75.5 Å². The summed E-state index contributed by atoms with van der Waals surface area (Å²) in [5, 5.41) is 9.41. The van der Waals surface area contributed by atoms with Crippen molar-refractivity contribution >= 4 is 11.9 Å². The number of nitrogens with zero attached hydrogens (tertiary/aromatic N) is 3. The third-order valence-corrected chi connectivity index (χ3v) is 3.47. The van der Waals surface area contributed by atoms with E-state index in [9.17, 15) is 9.90 Å². The van der Waals surface area contributed by atoms with E-state index in [1.807, 2.05) is 13.8 Å². The van der Waals surface area contributed by atoms with Gasteiger partial charge in [0.25, 0.3) is 0 Å². The van der Waals surface area contributed by atoms with Crippen LogP contribution in [0, 0.1) is 12.8 Å². The van der Waals surface area contributed by atoms with E-state index in [-0.39, 0.29) is 5.92 Å². The Morgan fingerprint density at radius 3 is 2.89 bits per heavy atom. The van der Waals surface area contributed by atoms with Crippen LogP contribution < -0.4 is 9.64 Å². The summed E-state index contributed by atoms with van der Waals surface area (Å²) in [6, 6.07) is 1.16. The van der Waals surface area contributed by atoms with Crippen LogP contribution in [0.4, 0.5) is 5.95 Å². The quantitative estimate of drug-likeness (QED) is 0.892. The van der Waals surface area contributed by atoms with Crippen LogP contribution in [0.5, 0.6) is 5.88 Å². The normalized spacial score (nSPS) is 23.2. The molecule has 0 radical (unpaired) electrons. The van der Waals surface area contributed by atoms with Crippen LogP contribution in [0.25, 0.3) is 0 Å². The van der Waals surface area contributed by atoms with Gasteiger partial charge >= 0.3 is 5.97 Å². The number of methoxy groups -OCH3 is 1. The SMILES string of the molecule is COc1cc(C)nc(N2CCCC(C)C2C(=O)O)n1. The standard InChI is InChI=1S/C13H19N3O3/c1-8-5-4-6-16(11(8)12(17)18)13-14-9(2)7-10(15-13)19-3/h7-8,11H,4-6H2,1-3H3,(H,17,18). The van der Waals surface area contributed by atoms with Gasteiger partial charge in [0.15, 0.2) is 0 Å². The average molecular weight is 265 g/mol. The number of aliphatic carboxylic acids is 1. The number of carbonyl (C=O) groups is 1. The minimum atomic E-state index is -0.823. The van der Waals surface area contributed by atoms with Crippen molar-refractivity contribution < 1.29 is 14.6 Å². The lowest BCUT2D eigenvalue weighted by atomic mass is 9.91. The minimum absolute atomic E-state index is 0.0846. The first-order valence-corrected chi connectivity index (χ1v) is 6.42. The summed E-state index contributed by atoms with van der Waals surface area (Å²) in [4.78, 5) is 21.8. The van der Waals surface area contributed by atoms with Gasteiger partial charge in [-0.05, 0) is 25.7 Å². The van der Waals surface area contributed by atoms with Gasteiger partial charge in [-0.25, -0.2) is 9.78 Å². The molecule has 2 atom stereocenters. The molecule has 2 rings (SSSR count). The van der Waals surface area contributed by atoms with Gasteiger partial charge in [0, 0.05) is 18.3 Å². The second-order valence-corrected chi connectivity index (χ2v) is 4.95. The Kier molecular flexibility index (Phi) is 3.87. The van der Waals surface area contributed by atoms with Crippen molar-refractivity contribution in [2.75, 3.05) is 18.6 Å². The zero-order valence-corrected chi connectivity index (χ0v) is 11.5. The molecule has 6 nitrogen and oxygen atoms in total.